The highest BCUT2D eigenvalue weighted by atomic mass is 35.5. The second-order valence-electron chi connectivity index (χ2n) is 6.78. The molecule has 0 saturated heterocycles. The van der Waals surface area contributed by atoms with E-state index >= 15 is 0 Å². The lowest BCUT2D eigenvalue weighted by atomic mass is 10.0. The van der Waals surface area contributed by atoms with Crippen LogP contribution < -0.4 is 15.7 Å². The fourth-order valence-corrected chi connectivity index (χ4v) is 5.98. The van der Waals surface area contributed by atoms with E-state index in [-0.39, 0.29) is 6.04 Å². The molecular weight excluding hydrogens is 361 g/mol. The second-order valence-corrected chi connectivity index (χ2v) is 9.72. The van der Waals surface area contributed by atoms with E-state index in [9.17, 15) is 4.57 Å². The van der Waals surface area contributed by atoms with Crippen molar-refractivity contribution in [1.29, 1.82) is 0 Å². The van der Waals surface area contributed by atoms with Crippen LogP contribution in [0.1, 0.15) is 24.4 Å². The maximum atomic E-state index is 14.3. The van der Waals surface area contributed by atoms with E-state index in [1.807, 2.05) is 84.9 Å². The Morgan fingerprint density at radius 1 is 0.808 bits per heavy atom. The van der Waals surface area contributed by atoms with E-state index in [4.69, 9.17) is 11.6 Å². The van der Waals surface area contributed by atoms with Crippen molar-refractivity contribution in [2.45, 2.75) is 18.9 Å². The number of rotatable bonds is 6. The molecule has 4 rings (SSSR count). The van der Waals surface area contributed by atoms with Gasteiger partial charge in [0.05, 0.1) is 0 Å². The molecule has 0 aliphatic heterocycles. The second kappa shape index (κ2) is 7.40. The van der Waals surface area contributed by atoms with Gasteiger partial charge in [-0.1, -0.05) is 60.1 Å². The van der Waals surface area contributed by atoms with Crippen LogP contribution in [-0.2, 0) is 4.57 Å². The van der Waals surface area contributed by atoms with Crippen LogP contribution in [0, 0.1) is 5.92 Å². The Bertz CT molecular complexity index is 864. The number of hydrogen-bond acceptors (Lipinski definition) is 1. The quantitative estimate of drug-likeness (QED) is 0.586. The molecule has 1 atom stereocenters. The molecule has 1 N–H and O–H groups in total. The summed E-state index contributed by atoms with van der Waals surface area (Å²) in [7, 11) is -2.95. The van der Waals surface area contributed by atoms with E-state index in [0.717, 1.165) is 34.0 Å². The van der Waals surface area contributed by atoms with Gasteiger partial charge in [0, 0.05) is 21.7 Å². The van der Waals surface area contributed by atoms with Gasteiger partial charge in [-0.2, -0.15) is 0 Å². The van der Waals surface area contributed by atoms with Crippen molar-refractivity contribution >= 4 is 29.5 Å². The largest absolute Gasteiger partial charge is 0.297 e. The topological polar surface area (TPSA) is 29.1 Å². The molecule has 2 nitrogen and oxygen atoms in total. The normalized spacial score (nSPS) is 15.6. The summed E-state index contributed by atoms with van der Waals surface area (Å²) < 4.78 is 14.3. The first-order chi connectivity index (χ1) is 12.7. The molecule has 1 fully saturated rings. The molecule has 0 heterocycles. The number of halogens is 1. The highest BCUT2D eigenvalue weighted by Crippen LogP contribution is 2.49. The summed E-state index contributed by atoms with van der Waals surface area (Å²) in [5.41, 5.74) is 1.14. The molecule has 0 spiro atoms. The molecule has 1 saturated carbocycles. The summed E-state index contributed by atoms with van der Waals surface area (Å²) in [5, 5.41) is 5.97. The van der Waals surface area contributed by atoms with E-state index in [2.05, 4.69) is 5.09 Å². The molecule has 0 radical (unpaired) electrons. The van der Waals surface area contributed by atoms with Crippen LogP contribution in [0.25, 0.3) is 0 Å². The van der Waals surface area contributed by atoms with Crippen molar-refractivity contribution in [1.82, 2.24) is 5.09 Å². The maximum Gasteiger partial charge on any atom is 0.205 e. The van der Waals surface area contributed by atoms with Gasteiger partial charge >= 0.3 is 0 Å². The van der Waals surface area contributed by atoms with Gasteiger partial charge in [-0.25, -0.2) is 0 Å². The number of hydrogen-bond donors (Lipinski definition) is 1. The summed E-state index contributed by atoms with van der Waals surface area (Å²) in [6.07, 6.45) is 2.31. The molecule has 1 aliphatic rings. The Balaban J connectivity index is 1.76. The Morgan fingerprint density at radius 3 is 1.77 bits per heavy atom. The Morgan fingerprint density at radius 2 is 1.31 bits per heavy atom. The van der Waals surface area contributed by atoms with E-state index in [0.29, 0.717) is 5.92 Å². The average molecular weight is 382 g/mol. The fraction of sp³-hybridized carbons (Fsp3) is 0.182. The van der Waals surface area contributed by atoms with Crippen molar-refractivity contribution in [3.05, 3.63) is 95.5 Å². The molecule has 132 valence electrons. The van der Waals surface area contributed by atoms with Crippen molar-refractivity contribution in [3.63, 3.8) is 0 Å². The standard InChI is InChI=1S/C22H21ClNOP/c23-19-15-13-18(14-16-19)22(17-11-12-17)24-26(25,20-7-3-1-4-8-20)21-9-5-2-6-10-21/h1-10,13-17,22H,11-12H2,(H,24,25). The zero-order valence-electron chi connectivity index (χ0n) is 14.4. The number of benzene rings is 3. The Labute approximate surface area is 159 Å². The minimum Gasteiger partial charge on any atom is -0.297 e. The van der Waals surface area contributed by atoms with E-state index < -0.39 is 7.29 Å². The van der Waals surface area contributed by atoms with Crippen LogP contribution in [-0.4, -0.2) is 0 Å². The predicted octanol–water partition coefficient (Wildman–Crippen LogP) is 5.31. The first kappa shape index (κ1) is 17.5. The van der Waals surface area contributed by atoms with Gasteiger partial charge < -0.3 is 0 Å². The van der Waals surface area contributed by atoms with E-state index in [1.54, 1.807) is 0 Å². The van der Waals surface area contributed by atoms with Gasteiger partial charge in [-0.05, 0) is 60.7 Å². The van der Waals surface area contributed by atoms with Gasteiger partial charge in [-0.15, -0.1) is 0 Å². The molecule has 26 heavy (non-hydrogen) atoms. The van der Waals surface area contributed by atoms with Gasteiger partial charge in [-0.3, -0.25) is 9.65 Å². The molecule has 4 heteroatoms. The number of nitrogens with one attached hydrogen (secondary N) is 1. The minimum atomic E-state index is -2.95. The third kappa shape index (κ3) is 3.64. The lowest BCUT2D eigenvalue weighted by molar-refractivity contribution is 0.537. The van der Waals surface area contributed by atoms with Crippen LogP contribution >= 0.6 is 18.9 Å². The van der Waals surface area contributed by atoms with Crippen LogP contribution in [0.3, 0.4) is 0 Å². The van der Waals surface area contributed by atoms with E-state index in [1.165, 1.54) is 0 Å². The molecule has 3 aromatic carbocycles. The molecule has 3 aromatic rings. The third-order valence-electron chi connectivity index (χ3n) is 4.88. The van der Waals surface area contributed by atoms with Crippen LogP contribution in [0.5, 0.6) is 0 Å². The lowest BCUT2D eigenvalue weighted by Crippen LogP contribution is -2.31. The smallest absolute Gasteiger partial charge is 0.205 e. The fourth-order valence-electron chi connectivity index (χ4n) is 3.32. The highest BCUT2D eigenvalue weighted by Gasteiger charge is 2.38. The Kier molecular flexibility index (Phi) is 5.00. The molecule has 0 amide bonds. The summed E-state index contributed by atoms with van der Waals surface area (Å²) in [4.78, 5) is 0. The highest BCUT2D eigenvalue weighted by molar-refractivity contribution is 7.76. The maximum absolute atomic E-state index is 14.3. The summed E-state index contributed by atoms with van der Waals surface area (Å²) >= 11 is 6.06. The lowest BCUT2D eigenvalue weighted by Gasteiger charge is -2.27. The molecule has 0 bridgehead atoms. The predicted molar refractivity (Wildman–Crippen MR) is 110 cm³/mol. The van der Waals surface area contributed by atoms with Gasteiger partial charge in [0.15, 0.2) is 0 Å². The van der Waals surface area contributed by atoms with Gasteiger partial charge in [0.1, 0.15) is 0 Å². The van der Waals surface area contributed by atoms with Crippen molar-refractivity contribution in [2.24, 2.45) is 5.92 Å². The SMILES string of the molecule is O=P(NC(c1ccc(Cl)cc1)C1CC1)(c1ccccc1)c1ccccc1. The van der Waals surface area contributed by atoms with Gasteiger partial charge in [0.2, 0.25) is 7.29 Å². The van der Waals surface area contributed by atoms with Crippen molar-refractivity contribution in [3.8, 4) is 0 Å². The molecule has 0 aromatic heterocycles. The third-order valence-corrected chi connectivity index (χ3v) is 7.83. The average Bonchev–Trinajstić information content (AvgIpc) is 3.53. The summed E-state index contributed by atoms with van der Waals surface area (Å²) in [6, 6.07) is 27.4. The first-order valence-corrected chi connectivity index (χ1v) is 11.0. The molecular formula is C22H21ClNOP. The zero-order chi connectivity index (χ0) is 18.0. The van der Waals surface area contributed by atoms with Crippen molar-refractivity contribution in [2.75, 3.05) is 0 Å². The zero-order valence-corrected chi connectivity index (χ0v) is 16.0. The van der Waals surface area contributed by atoms with Crippen LogP contribution in [0.4, 0.5) is 0 Å². The first-order valence-electron chi connectivity index (χ1n) is 8.91. The van der Waals surface area contributed by atoms with Crippen molar-refractivity contribution < 1.29 is 4.57 Å². The van der Waals surface area contributed by atoms with Crippen LogP contribution in [0.15, 0.2) is 84.9 Å². The Hall–Kier alpha value is -1.86. The minimum absolute atomic E-state index is 0.0542. The molecule has 1 unspecified atom stereocenters. The van der Waals surface area contributed by atoms with Gasteiger partial charge in [0.25, 0.3) is 0 Å². The monoisotopic (exact) mass is 381 g/mol. The summed E-state index contributed by atoms with van der Waals surface area (Å²) in [6.45, 7) is 0. The van der Waals surface area contributed by atoms with Crippen LogP contribution in [0.2, 0.25) is 5.02 Å². The molecule has 1 aliphatic carbocycles. The summed E-state index contributed by atoms with van der Waals surface area (Å²) in [5.74, 6) is 0.511.